The second-order valence-electron chi connectivity index (χ2n) is 9.22. The number of aryl methyl sites for hydroxylation is 2. The van der Waals surface area contributed by atoms with Crippen molar-refractivity contribution in [2.75, 3.05) is 12.4 Å². The monoisotopic (exact) mass is 456 g/mol. The van der Waals surface area contributed by atoms with Crippen LogP contribution in [0.25, 0.3) is 16.9 Å². The lowest BCUT2D eigenvalue weighted by Crippen LogP contribution is -2.18. The molecule has 0 unspecified atom stereocenters. The lowest BCUT2D eigenvalue weighted by Gasteiger charge is -2.20. The van der Waals surface area contributed by atoms with Crippen LogP contribution in [-0.4, -0.2) is 38.0 Å². The van der Waals surface area contributed by atoms with Crippen molar-refractivity contribution in [1.82, 2.24) is 25.0 Å². The summed E-state index contributed by atoms with van der Waals surface area (Å²) in [5, 5.41) is 11.6. The van der Waals surface area contributed by atoms with Gasteiger partial charge in [-0.2, -0.15) is 0 Å². The molecule has 1 aromatic carbocycles. The number of anilines is 1. The zero-order chi connectivity index (χ0) is 24.5. The summed E-state index contributed by atoms with van der Waals surface area (Å²) in [5.74, 6) is 0.445. The zero-order valence-corrected chi connectivity index (χ0v) is 20.2. The molecule has 0 saturated carbocycles. The third-order valence-electron chi connectivity index (χ3n) is 5.65. The number of aromatic nitrogens is 5. The van der Waals surface area contributed by atoms with E-state index >= 15 is 0 Å². The topological polar surface area (TPSA) is 94.8 Å². The van der Waals surface area contributed by atoms with Crippen molar-refractivity contribution in [1.29, 1.82) is 0 Å². The lowest BCUT2D eigenvalue weighted by molar-refractivity contribution is 0.102. The normalized spacial score (nSPS) is 11.4. The maximum atomic E-state index is 13.1. The number of carbonyl (C=O) groups is 1. The molecule has 0 atom stereocenters. The second kappa shape index (κ2) is 9.05. The third kappa shape index (κ3) is 4.80. The first-order valence-electron chi connectivity index (χ1n) is 11.0. The van der Waals surface area contributed by atoms with Crippen molar-refractivity contribution in [3.63, 3.8) is 0 Å². The Labute approximate surface area is 199 Å². The molecule has 0 saturated heterocycles. The number of nitrogens with zero attached hydrogens (tertiary/aromatic N) is 5. The molecular formula is C26H28N6O2. The van der Waals surface area contributed by atoms with Gasteiger partial charge < -0.3 is 10.1 Å². The molecule has 0 bridgehead atoms. The van der Waals surface area contributed by atoms with Crippen LogP contribution in [0.2, 0.25) is 0 Å². The highest BCUT2D eigenvalue weighted by Gasteiger charge is 2.19. The van der Waals surface area contributed by atoms with Crippen LogP contribution in [0.1, 0.15) is 48.0 Å². The summed E-state index contributed by atoms with van der Waals surface area (Å²) in [5.41, 5.74) is 6.08. The van der Waals surface area contributed by atoms with Crippen molar-refractivity contribution in [3.05, 3.63) is 77.5 Å². The van der Waals surface area contributed by atoms with Gasteiger partial charge in [-0.05, 0) is 54.7 Å². The van der Waals surface area contributed by atoms with Gasteiger partial charge in [0.25, 0.3) is 5.91 Å². The van der Waals surface area contributed by atoms with Crippen LogP contribution in [0.3, 0.4) is 0 Å². The number of hydrogen-bond donors (Lipinski definition) is 1. The van der Waals surface area contributed by atoms with E-state index in [2.05, 4.69) is 46.4 Å². The van der Waals surface area contributed by atoms with Crippen LogP contribution >= 0.6 is 0 Å². The van der Waals surface area contributed by atoms with E-state index in [1.165, 1.54) is 0 Å². The highest BCUT2D eigenvalue weighted by Crippen LogP contribution is 2.26. The molecule has 3 heterocycles. The van der Waals surface area contributed by atoms with Gasteiger partial charge in [0.1, 0.15) is 11.4 Å². The molecule has 0 aliphatic rings. The van der Waals surface area contributed by atoms with Crippen LogP contribution in [0.15, 0.2) is 55.1 Å². The van der Waals surface area contributed by atoms with E-state index in [9.17, 15) is 4.79 Å². The predicted octanol–water partition coefficient (Wildman–Crippen LogP) is 4.90. The molecule has 3 aromatic heterocycles. The van der Waals surface area contributed by atoms with E-state index < -0.39 is 0 Å². The highest BCUT2D eigenvalue weighted by molar-refractivity contribution is 6.05. The van der Waals surface area contributed by atoms with Crippen LogP contribution in [0.5, 0.6) is 5.75 Å². The number of pyridine rings is 2. The summed E-state index contributed by atoms with van der Waals surface area (Å²) in [7, 11) is 1.59. The lowest BCUT2D eigenvalue weighted by atomic mass is 9.87. The Morgan fingerprint density at radius 1 is 1.06 bits per heavy atom. The summed E-state index contributed by atoms with van der Waals surface area (Å²) in [6, 6.07) is 9.46. The Hall–Kier alpha value is -4.07. The van der Waals surface area contributed by atoms with Gasteiger partial charge in [-0.3, -0.25) is 14.8 Å². The highest BCUT2D eigenvalue weighted by atomic mass is 16.5. The van der Waals surface area contributed by atoms with E-state index in [1.807, 2.05) is 56.6 Å². The molecule has 1 amide bonds. The van der Waals surface area contributed by atoms with E-state index in [4.69, 9.17) is 4.74 Å². The molecule has 0 radical (unpaired) electrons. The standard InChI is InChI=1S/C26H28N6O2/c1-16-7-8-20(29-25(33)22-10-19(26(3,4)5)13-28-17(22)2)11-24(16)32-15-23(30-31-32)18-9-21(34-6)14-27-12-18/h7-15H,1-6H3,(H,29,33). The number of benzene rings is 1. The Morgan fingerprint density at radius 3 is 2.59 bits per heavy atom. The molecule has 0 fully saturated rings. The van der Waals surface area contributed by atoms with Crippen molar-refractivity contribution >= 4 is 11.6 Å². The van der Waals surface area contributed by atoms with Crippen molar-refractivity contribution < 1.29 is 9.53 Å². The minimum absolute atomic E-state index is 0.101. The van der Waals surface area contributed by atoms with E-state index in [-0.39, 0.29) is 11.3 Å². The van der Waals surface area contributed by atoms with E-state index in [0.717, 1.165) is 22.4 Å². The van der Waals surface area contributed by atoms with Gasteiger partial charge in [-0.25, -0.2) is 4.68 Å². The van der Waals surface area contributed by atoms with E-state index in [1.54, 1.807) is 24.2 Å². The molecule has 0 aliphatic carbocycles. The SMILES string of the molecule is COc1cncc(-c2cn(-c3cc(NC(=O)c4cc(C(C)(C)C)cnc4C)ccc3C)nn2)c1. The van der Waals surface area contributed by atoms with Gasteiger partial charge in [0.05, 0.1) is 30.8 Å². The maximum absolute atomic E-state index is 13.1. The molecule has 34 heavy (non-hydrogen) atoms. The second-order valence-corrected chi connectivity index (χ2v) is 9.22. The zero-order valence-electron chi connectivity index (χ0n) is 20.2. The Morgan fingerprint density at radius 2 is 1.85 bits per heavy atom. The molecule has 8 heteroatoms. The Kier molecular flexibility index (Phi) is 6.15. The smallest absolute Gasteiger partial charge is 0.257 e. The van der Waals surface area contributed by atoms with Crippen LogP contribution < -0.4 is 10.1 Å². The molecule has 0 aliphatic heterocycles. The first-order valence-corrected chi connectivity index (χ1v) is 11.0. The average molecular weight is 457 g/mol. The van der Waals surface area contributed by atoms with Gasteiger partial charge >= 0.3 is 0 Å². The molecule has 0 spiro atoms. The van der Waals surface area contributed by atoms with Gasteiger partial charge in [0, 0.05) is 29.3 Å². The average Bonchev–Trinajstić information content (AvgIpc) is 3.30. The van der Waals surface area contributed by atoms with Gasteiger partial charge in [0.15, 0.2) is 0 Å². The number of carbonyl (C=O) groups excluding carboxylic acids is 1. The first kappa shape index (κ1) is 23.1. The number of amides is 1. The van der Waals surface area contributed by atoms with Gasteiger partial charge in [-0.1, -0.05) is 32.1 Å². The molecule has 8 nitrogen and oxygen atoms in total. The number of methoxy groups -OCH3 is 1. The largest absolute Gasteiger partial charge is 0.495 e. The fourth-order valence-electron chi connectivity index (χ4n) is 3.49. The summed E-state index contributed by atoms with van der Waals surface area (Å²) < 4.78 is 6.94. The molecule has 4 rings (SSSR count). The fourth-order valence-corrected chi connectivity index (χ4v) is 3.49. The number of rotatable bonds is 5. The predicted molar refractivity (Wildman–Crippen MR) is 132 cm³/mol. The molecular weight excluding hydrogens is 428 g/mol. The third-order valence-corrected chi connectivity index (χ3v) is 5.65. The summed E-state index contributed by atoms with van der Waals surface area (Å²) in [6.45, 7) is 10.1. The first-order chi connectivity index (χ1) is 16.2. The van der Waals surface area contributed by atoms with Crippen molar-refractivity contribution in [3.8, 4) is 22.7 Å². The summed E-state index contributed by atoms with van der Waals surface area (Å²) in [6.07, 6.45) is 7.00. The molecule has 4 aromatic rings. The Balaban J connectivity index is 1.61. The fraction of sp³-hybridized carbons (Fsp3) is 0.269. The van der Waals surface area contributed by atoms with Crippen molar-refractivity contribution in [2.24, 2.45) is 0 Å². The van der Waals surface area contributed by atoms with Gasteiger partial charge in [-0.15, -0.1) is 5.10 Å². The summed E-state index contributed by atoms with van der Waals surface area (Å²) in [4.78, 5) is 21.7. The van der Waals surface area contributed by atoms with Gasteiger partial charge in [0.2, 0.25) is 0 Å². The number of hydrogen-bond acceptors (Lipinski definition) is 6. The Bertz CT molecular complexity index is 1350. The number of nitrogens with one attached hydrogen (secondary N) is 1. The maximum Gasteiger partial charge on any atom is 0.257 e. The summed E-state index contributed by atoms with van der Waals surface area (Å²) >= 11 is 0. The van der Waals surface area contributed by atoms with Crippen LogP contribution in [0, 0.1) is 13.8 Å². The minimum Gasteiger partial charge on any atom is -0.495 e. The number of ether oxygens (including phenoxy) is 1. The molecule has 174 valence electrons. The van der Waals surface area contributed by atoms with Crippen molar-refractivity contribution in [2.45, 2.75) is 40.0 Å². The van der Waals surface area contributed by atoms with Crippen LogP contribution in [0.4, 0.5) is 5.69 Å². The molecule has 1 N–H and O–H groups in total. The quantitative estimate of drug-likeness (QED) is 0.459. The van der Waals surface area contributed by atoms with E-state index in [0.29, 0.717) is 28.4 Å². The minimum atomic E-state index is -0.201. The van der Waals surface area contributed by atoms with Crippen LogP contribution in [-0.2, 0) is 5.41 Å².